The Labute approximate surface area is 211 Å². The molecule has 37 heavy (non-hydrogen) atoms. The molecule has 0 bridgehead atoms. The highest BCUT2D eigenvalue weighted by Gasteiger charge is 2.37. The van der Waals surface area contributed by atoms with Gasteiger partial charge in [-0.15, -0.1) is 0 Å². The van der Waals surface area contributed by atoms with Crippen LogP contribution in [0.25, 0.3) is 11.0 Å². The first kappa shape index (κ1) is 27.0. The smallest absolute Gasteiger partial charge is 0.349 e. The van der Waals surface area contributed by atoms with Crippen LogP contribution >= 0.6 is 0 Å². The molecule has 2 unspecified atom stereocenters. The summed E-state index contributed by atoms with van der Waals surface area (Å²) in [6, 6.07) is 7.63. The highest BCUT2D eigenvalue weighted by molar-refractivity contribution is 5.86. The van der Waals surface area contributed by atoms with Crippen molar-refractivity contribution in [1.29, 1.82) is 0 Å². The molecule has 0 saturated carbocycles. The maximum atomic E-state index is 13.5. The topological polar surface area (TPSA) is 54.3 Å². The van der Waals surface area contributed by atoms with Crippen molar-refractivity contribution in [3.63, 3.8) is 0 Å². The monoisotopic (exact) mass is 523 g/mol. The van der Waals surface area contributed by atoms with Crippen molar-refractivity contribution < 1.29 is 22.0 Å². The Kier molecular flexibility index (Phi) is 7.55. The molecule has 1 aliphatic heterocycles. The highest BCUT2D eigenvalue weighted by atomic mass is 19.4. The van der Waals surface area contributed by atoms with E-state index in [4.69, 9.17) is 0 Å². The predicted octanol–water partition coefficient (Wildman–Crippen LogP) is 5.73. The highest BCUT2D eigenvalue weighted by Crippen LogP contribution is 2.35. The van der Waals surface area contributed by atoms with E-state index >= 15 is 0 Å². The second-order valence-electron chi connectivity index (χ2n) is 9.45. The third-order valence-electron chi connectivity index (χ3n) is 7.35. The van der Waals surface area contributed by atoms with Crippen molar-refractivity contribution in [2.45, 2.75) is 64.3 Å². The minimum atomic E-state index is -4.40. The summed E-state index contributed by atoms with van der Waals surface area (Å²) in [6.45, 7) is 7.01. The van der Waals surface area contributed by atoms with Crippen LogP contribution in [0.15, 0.2) is 41.2 Å². The van der Waals surface area contributed by atoms with Crippen LogP contribution in [0, 0.1) is 0 Å². The van der Waals surface area contributed by atoms with Crippen molar-refractivity contribution in [2.24, 2.45) is 7.05 Å². The molecule has 0 aliphatic carbocycles. The maximum absolute atomic E-state index is 13.5. The zero-order valence-corrected chi connectivity index (χ0v) is 21.1. The van der Waals surface area contributed by atoms with Gasteiger partial charge >= 0.3 is 11.9 Å². The molecule has 200 valence electrons. The summed E-state index contributed by atoms with van der Waals surface area (Å²) in [7, 11) is 1.53. The van der Waals surface area contributed by atoms with Crippen LogP contribution in [-0.2, 0) is 13.2 Å². The molecule has 1 fully saturated rings. The van der Waals surface area contributed by atoms with Crippen molar-refractivity contribution in [3.8, 4) is 0 Å². The Hall–Kier alpha value is -3.08. The van der Waals surface area contributed by atoms with E-state index in [0.29, 0.717) is 25.0 Å². The van der Waals surface area contributed by atoms with E-state index in [-0.39, 0.29) is 35.2 Å². The summed E-state index contributed by atoms with van der Waals surface area (Å²) >= 11 is 0. The number of aryl methyl sites for hydroxylation is 1. The summed E-state index contributed by atoms with van der Waals surface area (Å²) in [5.41, 5.74) is -0.136. The van der Waals surface area contributed by atoms with Gasteiger partial charge in [0.25, 0.3) is 6.43 Å². The number of rotatable bonds is 6. The lowest BCUT2D eigenvalue weighted by atomic mass is 9.96. The number of piperazine rings is 1. The number of nitrogens with zero attached hydrogens (tertiary/aromatic N) is 5. The number of alkyl halides is 5. The molecule has 11 heteroatoms. The van der Waals surface area contributed by atoms with Gasteiger partial charge in [-0.1, -0.05) is 26.0 Å². The fourth-order valence-corrected chi connectivity index (χ4v) is 5.11. The molecule has 3 aromatic rings. The van der Waals surface area contributed by atoms with E-state index in [2.05, 4.69) is 14.9 Å². The van der Waals surface area contributed by atoms with Gasteiger partial charge in [-0.2, -0.15) is 18.2 Å². The van der Waals surface area contributed by atoms with Gasteiger partial charge in [0.2, 0.25) is 0 Å². The van der Waals surface area contributed by atoms with Crippen LogP contribution in [0.2, 0.25) is 0 Å². The molecule has 0 radical (unpaired) electrons. The van der Waals surface area contributed by atoms with Crippen LogP contribution < -0.4 is 10.6 Å². The molecule has 6 nitrogen and oxygen atoms in total. The number of fused-ring (bicyclic) bond motifs is 1. The second kappa shape index (κ2) is 10.4. The van der Waals surface area contributed by atoms with Crippen molar-refractivity contribution >= 4 is 16.9 Å². The summed E-state index contributed by atoms with van der Waals surface area (Å²) < 4.78 is 67.3. The minimum Gasteiger partial charge on any atom is -0.349 e. The fourth-order valence-electron chi connectivity index (χ4n) is 5.11. The lowest BCUT2D eigenvalue weighted by Gasteiger charge is -2.49. The van der Waals surface area contributed by atoms with Crippen LogP contribution in [0.3, 0.4) is 0 Å². The summed E-state index contributed by atoms with van der Waals surface area (Å²) in [4.78, 5) is 25.4. The zero-order valence-electron chi connectivity index (χ0n) is 21.1. The van der Waals surface area contributed by atoms with Crippen LogP contribution in [0.1, 0.15) is 62.9 Å². The molecule has 0 amide bonds. The third kappa shape index (κ3) is 5.18. The predicted molar refractivity (Wildman–Crippen MR) is 132 cm³/mol. The van der Waals surface area contributed by atoms with E-state index in [1.165, 1.54) is 35.9 Å². The number of benzene rings is 1. The van der Waals surface area contributed by atoms with E-state index in [1.807, 2.05) is 25.7 Å². The largest absolute Gasteiger partial charge is 0.416 e. The standard InChI is InChI=1S/C26H30F5N5O/c1-5-18-14-36(24-22-21(34(4)25(37)33-24)12-11-20(32-22)23(27)28)19(6-2)13-35(18)15(3)16-7-9-17(10-8-16)26(29,30)31/h7-12,15,18-19,23H,5-6,13-14H2,1-4H3/t15?,18?,19-/m0/s1. The molecular formula is C26H30F5N5O. The molecule has 2 aromatic heterocycles. The van der Waals surface area contributed by atoms with Gasteiger partial charge in [-0.05, 0) is 49.6 Å². The average molecular weight is 524 g/mol. The fraction of sp³-hybridized carbons (Fsp3) is 0.500. The third-order valence-corrected chi connectivity index (χ3v) is 7.35. The van der Waals surface area contributed by atoms with Crippen LogP contribution in [0.4, 0.5) is 27.8 Å². The molecule has 1 aromatic carbocycles. The Morgan fingerprint density at radius 2 is 1.62 bits per heavy atom. The maximum Gasteiger partial charge on any atom is 0.416 e. The van der Waals surface area contributed by atoms with E-state index in [9.17, 15) is 26.7 Å². The quantitative estimate of drug-likeness (QED) is 0.387. The second-order valence-corrected chi connectivity index (χ2v) is 9.45. The first-order valence-electron chi connectivity index (χ1n) is 12.3. The van der Waals surface area contributed by atoms with Crippen molar-refractivity contribution in [1.82, 2.24) is 19.4 Å². The Balaban J connectivity index is 1.71. The minimum absolute atomic E-state index is 0.0146. The van der Waals surface area contributed by atoms with Gasteiger partial charge in [0.1, 0.15) is 11.2 Å². The van der Waals surface area contributed by atoms with Gasteiger partial charge in [-0.3, -0.25) is 9.47 Å². The lowest BCUT2D eigenvalue weighted by molar-refractivity contribution is -0.137. The van der Waals surface area contributed by atoms with Crippen LogP contribution in [0.5, 0.6) is 0 Å². The Morgan fingerprint density at radius 3 is 2.19 bits per heavy atom. The van der Waals surface area contributed by atoms with E-state index in [1.54, 1.807) is 0 Å². The first-order valence-corrected chi connectivity index (χ1v) is 12.3. The SMILES string of the molecule is CCC1CN(c2nc(=O)n(C)c3ccc(C(F)F)nc23)[C@@H](CC)CN1C(C)c1ccc(C(F)(F)F)cc1. The average Bonchev–Trinajstić information content (AvgIpc) is 2.88. The van der Waals surface area contributed by atoms with Crippen molar-refractivity contribution in [2.75, 3.05) is 18.0 Å². The van der Waals surface area contributed by atoms with Gasteiger partial charge in [0.15, 0.2) is 5.82 Å². The number of hydrogen-bond acceptors (Lipinski definition) is 5. The zero-order chi connectivity index (χ0) is 27.1. The lowest BCUT2D eigenvalue weighted by Crippen LogP contribution is -2.59. The van der Waals surface area contributed by atoms with Crippen LogP contribution in [-0.4, -0.2) is 44.6 Å². The van der Waals surface area contributed by atoms with Gasteiger partial charge in [0, 0.05) is 38.3 Å². The summed E-state index contributed by atoms with van der Waals surface area (Å²) in [5, 5.41) is 0. The Bertz CT molecular complexity index is 1310. The molecular weight excluding hydrogens is 493 g/mol. The molecule has 1 aliphatic rings. The van der Waals surface area contributed by atoms with E-state index < -0.39 is 23.9 Å². The molecule has 3 heterocycles. The van der Waals surface area contributed by atoms with Gasteiger partial charge < -0.3 is 4.90 Å². The number of aromatic nitrogens is 3. The van der Waals surface area contributed by atoms with Gasteiger partial charge in [-0.25, -0.2) is 18.6 Å². The molecule has 0 N–H and O–H groups in total. The Morgan fingerprint density at radius 1 is 0.973 bits per heavy atom. The number of anilines is 1. The summed E-state index contributed by atoms with van der Waals surface area (Å²) in [5.74, 6) is 0.285. The number of pyridine rings is 1. The van der Waals surface area contributed by atoms with Gasteiger partial charge in [0.05, 0.1) is 11.1 Å². The molecule has 3 atom stereocenters. The molecule has 4 rings (SSSR count). The van der Waals surface area contributed by atoms with Crippen molar-refractivity contribution in [3.05, 3.63) is 63.7 Å². The number of halogens is 5. The molecule has 1 saturated heterocycles. The normalized spacial score (nSPS) is 20.1. The summed E-state index contributed by atoms with van der Waals surface area (Å²) in [6.07, 6.45) is -5.75. The molecule has 0 spiro atoms. The number of hydrogen-bond donors (Lipinski definition) is 0. The first-order chi connectivity index (χ1) is 17.5. The van der Waals surface area contributed by atoms with E-state index in [0.717, 1.165) is 24.1 Å².